The van der Waals surface area contributed by atoms with Crippen molar-refractivity contribution in [3.63, 3.8) is 0 Å². The summed E-state index contributed by atoms with van der Waals surface area (Å²) in [6.45, 7) is 8.55. The van der Waals surface area contributed by atoms with Crippen LogP contribution in [0.4, 0.5) is 0 Å². The van der Waals surface area contributed by atoms with Crippen molar-refractivity contribution in [3.05, 3.63) is 22.4 Å². The second kappa shape index (κ2) is 8.42. The molecule has 1 aromatic heterocycles. The second-order valence-corrected chi connectivity index (χ2v) is 7.15. The zero-order valence-corrected chi connectivity index (χ0v) is 13.8. The fourth-order valence-electron chi connectivity index (χ4n) is 2.17. The van der Waals surface area contributed by atoms with Crippen LogP contribution >= 0.6 is 11.3 Å². The van der Waals surface area contributed by atoms with E-state index in [1.165, 1.54) is 4.88 Å². The smallest absolute Gasteiger partial charge is 0.222 e. The zero-order valence-electron chi connectivity index (χ0n) is 13.0. The van der Waals surface area contributed by atoms with Gasteiger partial charge < -0.3 is 10.6 Å². The van der Waals surface area contributed by atoms with E-state index >= 15 is 0 Å². The van der Waals surface area contributed by atoms with E-state index in [9.17, 15) is 4.79 Å². The molecule has 0 aliphatic rings. The van der Waals surface area contributed by atoms with E-state index in [2.05, 4.69) is 38.3 Å². The number of nitrogens with zero attached hydrogens (tertiary/aromatic N) is 1. The highest BCUT2D eigenvalue weighted by molar-refractivity contribution is 7.09. The van der Waals surface area contributed by atoms with Gasteiger partial charge >= 0.3 is 0 Å². The molecule has 4 heteroatoms. The lowest BCUT2D eigenvalue weighted by atomic mass is 9.93. The summed E-state index contributed by atoms with van der Waals surface area (Å²) in [5.74, 6) is 0.268. The Morgan fingerprint density at radius 3 is 2.75 bits per heavy atom. The van der Waals surface area contributed by atoms with Crippen LogP contribution in [-0.2, 0) is 11.2 Å². The van der Waals surface area contributed by atoms with E-state index in [1.54, 1.807) is 11.3 Å². The van der Waals surface area contributed by atoms with Crippen LogP contribution in [0.15, 0.2) is 17.5 Å². The van der Waals surface area contributed by atoms with Gasteiger partial charge in [0.2, 0.25) is 5.91 Å². The predicted molar refractivity (Wildman–Crippen MR) is 87.0 cm³/mol. The summed E-state index contributed by atoms with van der Waals surface area (Å²) in [5.41, 5.74) is 5.78. The molecular formula is C16H28N2OS. The van der Waals surface area contributed by atoms with Gasteiger partial charge in [-0.2, -0.15) is 0 Å². The molecule has 1 amide bonds. The van der Waals surface area contributed by atoms with Crippen molar-refractivity contribution in [2.24, 2.45) is 11.1 Å². The minimum Gasteiger partial charge on any atom is -0.342 e. The average Bonchev–Trinajstić information content (AvgIpc) is 2.91. The number of carbonyl (C=O) groups excluding carboxylic acids is 1. The van der Waals surface area contributed by atoms with Gasteiger partial charge in [-0.05, 0) is 42.7 Å². The highest BCUT2D eigenvalue weighted by Crippen LogP contribution is 2.17. The second-order valence-electron chi connectivity index (χ2n) is 6.12. The summed E-state index contributed by atoms with van der Waals surface area (Å²) in [6, 6.07) is 4.20. The van der Waals surface area contributed by atoms with Crippen LogP contribution < -0.4 is 5.73 Å². The molecule has 2 N–H and O–H groups in total. The molecule has 3 nitrogen and oxygen atoms in total. The van der Waals surface area contributed by atoms with Crippen molar-refractivity contribution in [2.45, 2.75) is 46.5 Å². The molecule has 0 saturated carbocycles. The van der Waals surface area contributed by atoms with Crippen molar-refractivity contribution < 1.29 is 4.79 Å². The fourth-order valence-corrected chi connectivity index (χ4v) is 2.92. The Balaban J connectivity index is 2.43. The van der Waals surface area contributed by atoms with Gasteiger partial charge in [-0.15, -0.1) is 11.3 Å². The van der Waals surface area contributed by atoms with Gasteiger partial charge in [0.1, 0.15) is 0 Å². The number of carbonyl (C=O) groups is 1. The number of nitrogens with two attached hydrogens (primary N) is 1. The largest absolute Gasteiger partial charge is 0.342 e. The van der Waals surface area contributed by atoms with Gasteiger partial charge in [-0.3, -0.25) is 4.79 Å². The Bertz CT molecular complexity index is 387. The van der Waals surface area contributed by atoms with Gasteiger partial charge in [0.05, 0.1) is 0 Å². The predicted octanol–water partition coefficient (Wildman–Crippen LogP) is 3.29. The van der Waals surface area contributed by atoms with Crippen molar-refractivity contribution >= 4 is 17.2 Å². The minimum atomic E-state index is -0.00141. The number of thiophene rings is 1. The monoisotopic (exact) mass is 296 g/mol. The Hall–Kier alpha value is -0.870. The molecule has 0 aliphatic heterocycles. The lowest BCUT2D eigenvalue weighted by Gasteiger charge is -2.31. The molecule has 0 aromatic carbocycles. The van der Waals surface area contributed by atoms with Gasteiger partial charge in [-0.1, -0.05) is 26.8 Å². The molecule has 0 unspecified atom stereocenters. The van der Waals surface area contributed by atoms with Crippen LogP contribution in [0.2, 0.25) is 0 Å². The highest BCUT2D eigenvalue weighted by Gasteiger charge is 2.22. The van der Waals surface area contributed by atoms with Crippen LogP contribution in [0.1, 0.15) is 44.9 Å². The van der Waals surface area contributed by atoms with E-state index < -0.39 is 0 Å². The summed E-state index contributed by atoms with van der Waals surface area (Å²) in [4.78, 5) is 15.7. The van der Waals surface area contributed by atoms with E-state index in [0.29, 0.717) is 13.0 Å². The normalized spacial score (nSPS) is 11.6. The van der Waals surface area contributed by atoms with Gasteiger partial charge in [0.15, 0.2) is 0 Å². The molecule has 0 spiro atoms. The van der Waals surface area contributed by atoms with Gasteiger partial charge in [0.25, 0.3) is 0 Å². The molecule has 0 aliphatic carbocycles. The summed E-state index contributed by atoms with van der Waals surface area (Å²) in [6.07, 6.45) is 3.57. The van der Waals surface area contributed by atoms with E-state index in [1.807, 2.05) is 4.90 Å². The number of hydrogen-bond donors (Lipinski definition) is 1. The van der Waals surface area contributed by atoms with Gasteiger partial charge in [0, 0.05) is 24.4 Å². The summed E-state index contributed by atoms with van der Waals surface area (Å²) >= 11 is 1.77. The van der Waals surface area contributed by atoms with Crippen LogP contribution in [0, 0.1) is 5.41 Å². The fraction of sp³-hybridized carbons (Fsp3) is 0.688. The first-order valence-electron chi connectivity index (χ1n) is 7.48. The number of aryl methyl sites for hydroxylation is 1. The zero-order chi connectivity index (χ0) is 15.0. The van der Waals surface area contributed by atoms with Crippen molar-refractivity contribution in [1.82, 2.24) is 4.90 Å². The van der Waals surface area contributed by atoms with Gasteiger partial charge in [-0.25, -0.2) is 0 Å². The third-order valence-corrected chi connectivity index (χ3v) is 4.35. The topological polar surface area (TPSA) is 46.3 Å². The molecule has 114 valence electrons. The Labute approximate surface area is 127 Å². The maximum absolute atomic E-state index is 12.3. The lowest BCUT2D eigenvalue weighted by molar-refractivity contribution is -0.132. The summed E-state index contributed by atoms with van der Waals surface area (Å²) in [5, 5.41) is 2.09. The van der Waals surface area contributed by atoms with E-state index in [4.69, 9.17) is 5.73 Å². The first-order valence-corrected chi connectivity index (χ1v) is 8.36. The number of rotatable bonds is 9. The molecule has 1 rings (SSSR count). The van der Waals surface area contributed by atoms with Crippen molar-refractivity contribution in [2.75, 3.05) is 19.6 Å². The molecule has 20 heavy (non-hydrogen) atoms. The number of hydrogen-bond acceptors (Lipinski definition) is 3. The molecule has 0 saturated heterocycles. The quantitative estimate of drug-likeness (QED) is 0.760. The third-order valence-electron chi connectivity index (χ3n) is 3.41. The molecule has 1 heterocycles. The van der Waals surface area contributed by atoms with Crippen molar-refractivity contribution in [3.8, 4) is 0 Å². The van der Waals surface area contributed by atoms with E-state index in [0.717, 1.165) is 32.4 Å². The molecule has 0 radical (unpaired) electrons. The maximum Gasteiger partial charge on any atom is 0.222 e. The Morgan fingerprint density at radius 2 is 2.20 bits per heavy atom. The highest BCUT2D eigenvalue weighted by atomic mass is 32.1. The van der Waals surface area contributed by atoms with Crippen LogP contribution in [0.5, 0.6) is 0 Å². The first-order chi connectivity index (χ1) is 9.48. The average molecular weight is 296 g/mol. The SMILES string of the molecule is CCCN(CC(C)(C)CN)C(=O)CCCc1cccs1. The third kappa shape index (κ3) is 6.06. The van der Waals surface area contributed by atoms with Crippen LogP contribution in [0.3, 0.4) is 0 Å². The molecule has 1 aromatic rings. The molecular weight excluding hydrogens is 268 g/mol. The summed E-state index contributed by atoms with van der Waals surface area (Å²) in [7, 11) is 0. The van der Waals surface area contributed by atoms with Crippen molar-refractivity contribution in [1.29, 1.82) is 0 Å². The summed E-state index contributed by atoms with van der Waals surface area (Å²) < 4.78 is 0. The standard InChI is InChI=1S/C16H28N2OS/c1-4-10-18(13-16(2,3)12-17)15(19)9-5-7-14-8-6-11-20-14/h6,8,11H,4-5,7,9-10,12-13,17H2,1-3H3. The Kier molecular flexibility index (Phi) is 7.24. The number of amides is 1. The lowest BCUT2D eigenvalue weighted by Crippen LogP contribution is -2.42. The first kappa shape index (κ1) is 17.2. The van der Waals surface area contributed by atoms with E-state index in [-0.39, 0.29) is 11.3 Å². The maximum atomic E-state index is 12.3. The van der Waals surface area contributed by atoms with Crippen LogP contribution in [-0.4, -0.2) is 30.4 Å². The molecule has 0 atom stereocenters. The Morgan fingerprint density at radius 1 is 1.45 bits per heavy atom. The minimum absolute atomic E-state index is 0.00141. The van der Waals surface area contributed by atoms with Crippen LogP contribution in [0.25, 0.3) is 0 Å². The molecule has 0 fully saturated rings. The molecule has 0 bridgehead atoms.